The Morgan fingerprint density at radius 3 is 1.33 bits per heavy atom. The summed E-state index contributed by atoms with van der Waals surface area (Å²) < 4.78 is 48.8. The molecule has 5 nitrogen and oxygen atoms in total. The van der Waals surface area contributed by atoms with Gasteiger partial charge in [-0.25, -0.2) is 15.0 Å². The summed E-state index contributed by atoms with van der Waals surface area (Å²) in [6.45, 7) is 0. The first-order valence-electron chi connectivity index (χ1n) is 19.6. The van der Waals surface area contributed by atoms with Gasteiger partial charge in [-0.2, -0.15) is 13.2 Å². The van der Waals surface area contributed by atoms with E-state index in [-0.39, 0.29) is 11.4 Å². The molecule has 11 rings (SSSR count). The van der Waals surface area contributed by atoms with Crippen molar-refractivity contribution >= 4 is 43.6 Å². The van der Waals surface area contributed by atoms with Crippen molar-refractivity contribution in [1.82, 2.24) is 24.1 Å². The van der Waals surface area contributed by atoms with Crippen LogP contribution in [0.2, 0.25) is 0 Å². The van der Waals surface area contributed by atoms with Crippen LogP contribution in [0.4, 0.5) is 13.2 Å². The summed E-state index contributed by atoms with van der Waals surface area (Å²) in [5.41, 5.74) is 7.39. The largest absolute Gasteiger partial charge is 0.417 e. The van der Waals surface area contributed by atoms with Gasteiger partial charge in [0, 0.05) is 49.6 Å². The highest BCUT2D eigenvalue weighted by molar-refractivity contribution is 6.12. The maximum Gasteiger partial charge on any atom is 0.417 e. The molecule has 11 aromatic rings. The molecule has 0 atom stereocenters. The van der Waals surface area contributed by atoms with Gasteiger partial charge in [0.05, 0.1) is 27.6 Å². The van der Waals surface area contributed by atoms with Crippen molar-refractivity contribution in [1.29, 1.82) is 0 Å². The first-order chi connectivity index (χ1) is 29.4. The number of hydrogen-bond donors (Lipinski definition) is 0. The average molecular weight is 784 g/mol. The summed E-state index contributed by atoms with van der Waals surface area (Å²) in [5, 5.41) is 4.42. The molecule has 8 aromatic carbocycles. The lowest BCUT2D eigenvalue weighted by Gasteiger charge is -2.18. The quantitative estimate of drug-likeness (QED) is 0.169. The van der Waals surface area contributed by atoms with Crippen LogP contribution in [-0.2, 0) is 6.18 Å². The Hall–Kier alpha value is -7.84. The lowest BCUT2D eigenvalue weighted by atomic mass is 9.94. The summed E-state index contributed by atoms with van der Waals surface area (Å²) in [6.07, 6.45) is -4.61. The molecule has 0 aliphatic heterocycles. The monoisotopic (exact) mass is 783 g/mol. The summed E-state index contributed by atoms with van der Waals surface area (Å²) in [5.74, 6) is 1.07. The van der Waals surface area contributed by atoms with Crippen molar-refractivity contribution in [3.8, 4) is 56.7 Å². The maximum absolute atomic E-state index is 14.8. The smallest absolute Gasteiger partial charge is 0.309 e. The molecule has 0 spiro atoms. The highest BCUT2D eigenvalue weighted by Crippen LogP contribution is 2.43. The van der Waals surface area contributed by atoms with Gasteiger partial charge in [0.1, 0.15) is 0 Å². The number of alkyl halides is 3. The predicted molar refractivity (Wildman–Crippen MR) is 235 cm³/mol. The summed E-state index contributed by atoms with van der Waals surface area (Å²) in [4.78, 5) is 14.9. The number of rotatable bonds is 6. The van der Waals surface area contributed by atoms with E-state index in [1.165, 1.54) is 12.1 Å². The Morgan fingerprint density at radius 1 is 0.333 bits per heavy atom. The number of hydrogen-bond acceptors (Lipinski definition) is 3. The van der Waals surface area contributed by atoms with E-state index in [0.717, 1.165) is 72.2 Å². The van der Waals surface area contributed by atoms with Crippen LogP contribution in [0.1, 0.15) is 5.56 Å². The average Bonchev–Trinajstić information content (AvgIpc) is 3.81. The Bertz CT molecular complexity index is 3310. The molecular weight excluding hydrogens is 752 g/mol. The highest BCUT2D eigenvalue weighted by atomic mass is 19.4. The van der Waals surface area contributed by atoms with Gasteiger partial charge < -0.3 is 9.13 Å². The van der Waals surface area contributed by atoms with E-state index in [1.54, 1.807) is 12.1 Å². The minimum absolute atomic E-state index is 0.0327. The number of benzene rings is 8. The molecule has 0 N–H and O–H groups in total. The zero-order valence-corrected chi connectivity index (χ0v) is 31.8. The van der Waals surface area contributed by atoms with E-state index < -0.39 is 11.7 Å². The lowest BCUT2D eigenvalue weighted by molar-refractivity contribution is -0.137. The fourth-order valence-electron chi connectivity index (χ4n) is 8.56. The van der Waals surface area contributed by atoms with Crippen molar-refractivity contribution in [2.24, 2.45) is 0 Å². The number of halogens is 3. The SMILES string of the molecule is FC(F)(F)c1ccccc1-c1ccc(-n2c3ccccc3c3ccc(-n4c5ccccc5c5ccccc54)cc32)cc1-c1nc(-c2ccccc2)nc(-c2ccccc2)n1. The van der Waals surface area contributed by atoms with Gasteiger partial charge in [0.25, 0.3) is 0 Å². The van der Waals surface area contributed by atoms with Crippen LogP contribution in [0.3, 0.4) is 0 Å². The van der Waals surface area contributed by atoms with E-state index >= 15 is 0 Å². The first-order valence-corrected chi connectivity index (χ1v) is 19.6. The molecule has 0 bridgehead atoms. The molecule has 0 aliphatic carbocycles. The van der Waals surface area contributed by atoms with Crippen LogP contribution in [0.5, 0.6) is 0 Å². The molecule has 0 radical (unpaired) electrons. The number of fused-ring (bicyclic) bond motifs is 6. The van der Waals surface area contributed by atoms with Crippen molar-refractivity contribution in [2.75, 3.05) is 0 Å². The molecule has 0 saturated heterocycles. The molecular formula is C52H32F3N5. The van der Waals surface area contributed by atoms with Crippen molar-refractivity contribution in [3.63, 3.8) is 0 Å². The third-order valence-corrected chi connectivity index (χ3v) is 11.2. The van der Waals surface area contributed by atoms with Crippen LogP contribution in [0.15, 0.2) is 194 Å². The molecule has 0 amide bonds. The molecule has 0 saturated carbocycles. The topological polar surface area (TPSA) is 48.5 Å². The molecule has 0 fully saturated rings. The first kappa shape index (κ1) is 35.3. The summed E-state index contributed by atoms with van der Waals surface area (Å²) in [7, 11) is 0. The fraction of sp³-hybridized carbons (Fsp3) is 0.0192. The Labute approximate surface area is 342 Å². The second kappa shape index (κ2) is 13.9. The Kier molecular flexibility index (Phi) is 8.20. The number of aromatic nitrogens is 5. The summed E-state index contributed by atoms with van der Waals surface area (Å²) in [6, 6.07) is 61.9. The van der Waals surface area contributed by atoms with Crippen LogP contribution in [-0.4, -0.2) is 24.1 Å². The van der Waals surface area contributed by atoms with E-state index in [2.05, 4.69) is 88.0 Å². The van der Waals surface area contributed by atoms with E-state index in [1.807, 2.05) is 84.9 Å². The van der Waals surface area contributed by atoms with E-state index in [0.29, 0.717) is 22.8 Å². The van der Waals surface area contributed by atoms with Gasteiger partial charge in [0.2, 0.25) is 0 Å². The Morgan fingerprint density at radius 2 is 0.767 bits per heavy atom. The van der Waals surface area contributed by atoms with Crippen LogP contribution in [0, 0.1) is 0 Å². The van der Waals surface area contributed by atoms with Crippen molar-refractivity contribution in [3.05, 3.63) is 200 Å². The number of para-hydroxylation sites is 3. The zero-order valence-electron chi connectivity index (χ0n) is 31.8. The molecule has 0 unspecified atom stereocenters. The van der Waals surface area contributed by atoms with Crippen LogP contribution >= 0.6 is 0 Å². The standard InChI is InChI=1S/C52H32F3N5/c53-52(54,55)44-23-11-7-19-38(44)37-29-27-35(31-43(37)51-57-49(33-15-3-1-4-16-33)56-50(58-51)34-17-5-2-6-18-34)60-47-26-14-10-22-41(47)42-30-28-36(32-48(42)60)59-45-24-12-8-20-39(45)40-21-9-13-25-46(40)59/h1-32H. The van der Waals surface area contributed by atoms with Gasteiger partial charge in [-0.3, -0.25) is 0 Å². The van der Waals surface area contributed by atoms with Gasteiger partial charge in [0.15, 0.2) is 17.5 Å². The molecule has 0 aliphatic rings. The fourth-order valence-corrected chi connectivity index (χ4v) is 8.56. The zero-order chi connectivity index (χ0) is 40.4. The minimum atomic E-state index is -4.61. The van der Waals surface area contributed by atoms with Crippen molar-refractivity contribution < 1.29 is 13.2 Å². The van der Waals surface area contributed by atoms with Crippen LogP contribution < -0.4 is 0 Å². The van der Waals surface area contributed by atoms with Gasteiger partial charge in [-0.1, -0.05) is 146 Å². The van der Waals surface area contributed by atoms with Gasteiger partial charge >= 0.3 is 6.18 Å². The number of nitrogens with zero attached hydrogens (tertiary/aromatic N) is 5. The highest BCUT2D eigenvalue weighted by Gasteiger charge is 2.34. The molecule has 3 heterocycles. The second-order valence-electron chi connectivity index (χ2n) is 14.7. The molecule has 60 heavy (non-hydrogen) atoms. The van der Waals surface area contributed by atoms with Gasteiger partial charge in [-0.15, -0.1) is 0 Å². The van der Waals surface area contributed by atoms with Gasteiger partial charge in [-0.05, 0) is 59.7 Å². The van der Waals surface area contributed by atoms with E-state index in [4.69, 9.17) is 15.0 Å². The third kappa shape index (κ3) is 5.83. The van der Waals surface area contributed by atoms with E-state index in [9.17, 15) is 13.2 Å². The van der Waals surface area contributed by atoms with Crippen molar-refractivity contribution in [2.45, 2.75) is 6.18 Å². The lowest BCUT2D eigenvalue weighted by Crippen LogP contribution is -2.08. The predicted octanol–water partition coefficient (Wildman–Crippen LogP) is 13.8. The normalized spacial score (nSPS) is 11.9. The maximum atomic E-state index is 14.8. The second-order valence-corrected chi connectivity index (χ2v) is 14.7. The molecule has 8 heteroatoms. The molecule has 286 valence electrons. The summed E-state index contributed by atoms with van der Waals surface area (Å²) >= 11 is 0. The molecule has 3 aromatic heterocycles. The third-order valence-electron chi connectivity index (χ3n) is 11.2. The van der Waals surface area contributed by atoms with Crippen LogP contribution in [0.25, 0.3) is 100 Å². The minimum Gasteiger partial charge on any atom is -0.309 e. The Balaban J connectivity index is 1.20.